The number of rotatable bonds is 4. The molecule has 0 aliphatic carbocycles. The Bertz CT molecular complexity index is 588. The quantitative estimate of drug-likeness (QED) is 0.802. The molecule has 0 saturated carbocycles. The molecule has 1 unspecified atom stereocenters. The molecule has 0 amide bonds. The van der Waals surface area contributed by atoms with Gasteiger partial charge in [-0.25, -0.2) is 0 Å². The average Bonchev–Trinajstić information content (AvgIpc) is 2.56. The highest BCUT2D eigenvalue weighted by Crippen LogP contribution is 2.36. The molecule has 5 heteroatoms. The topological polar surface area (TPSA) is 31.4 Å². The molecule has 3 rings (SSSR count). The third-order valence-electron chi connectivity index (χ3n) is 3.44. The lowest BCUT2D eigenvalue weighted by Gasteiger charge is -2.37. The van der Waals surface area contributed by atoms with Gasteiger partial charge in [0.05, 0.1) is 24.8 Å². The Kier molecular flexibility index (Phi) is 4.80. The highest BCUT2D eigenvalue weighted by atomic mass is 35.5. The molecule has 3 nitrogen and oxygen atoms in total. The Balaban J connectivity index is 1.82. The van der Waals surface area contributed by atoms with E-state index < -0.39 is 5.60 Å². The zero-order valence-electron chi connectivity index (χ0n) is 11.5. The minimum absolute atomic E-state index is 0.420. The summed E-state index contributed by atoms with van der Waals surface area (Å²) < 4.78 is 11.8. The van der Waals surface area contributed by atoms with Crippen LogP contribution in [0.1, 0.15) is 5.56 Å². The fourth-order valence-electron chi connectivity index (χ4n) is 2.32. The van der Waals surface area contributed by atoms with Crippen molar-refractivity contribution in [3.63, 3.8) is 0 Å². The van der Waals surface area contributed by atoms with E-state index in [1.54, 1.807) is 24.2 Å². The molecule has 1 aromatic heterocycles. The van der Waals surface area contributed by atoms with Crippen molar-refractivity contribution in [3.05, 3.63) is 59.4 Å². The molecule has 0 N–H and O–H groups in total. The summed E-state index contributed by atoms with van der Waals surface area (Å²) in [5.74, 6) is 0.751. The number of pyridine rings is 1. The fraction of sp³-hybridized carbons (Fsp3) is 0.312. The van der Waals surface area contributed by atoms with Crippen molar-refractivity contribution in [2.45, 2.75) is 10.5 Å². The van der Waals surface area contributed by atoms with E-state index in [-0.39, 0.29) is 0 Å². The molecule has 1 aliphatic rings. The van der Waals surface area contributed by atoms with Crippen LogP contribution in [0.5, 0.6) is 0 Å². The summed E-state index contributed by atoms with van der Waals surface area (Å²) >= 11 is 7.85. The standard InChI is InChI=1S/C16H16ClNO2S/c17-14-10-18-7-6-15(14)21-12-16(11-19-8-9-20-16)13-4-2-1-3-5-13/h1-7,10H,8-9,11-12H2. The van der Waals surface area contributed by atoms with Gasteiger partial charge in [-0.2, -0.15) is 0 Å². The maximum Gasteiger partial charge on any atom is 0.126 e. The molecule has 1 aliphatic heterocycles. The van der Waals surface area contributed by atoms with Crippen LogP contribution in [-0.4, -0.2) is 30.6 Å². The van der Waals surface area contributed by atoms with Crippen molar-refractivity contribution in [1.29, 1.82) is 0 Å². The second-order valence-electron chi connectivity index (χ2n) is 4.86. The summed E-state index contributed by atoms with van der Waals surface area (Å²) in [5.41, 5.74) is 0.721. The summed E-state index contributed by atoms with van der Waals surface area (Å²) in [5, 5.41) is 0.669. The van der Waals surface area contributed by atoms with Crippen LogP contribution >= 0.6 is 23.4 Å². The van der Waals surface area contributed by atoms with Crippen LogP contribution in [0.25, 0.3) is 0 Å². The van der Waals surface area contributed by atoms with Crippen molar-refractivity contribution < 1.29 is 9.47 Å². The second kappa shape index (κ2) is 6.79. The zero-order chi connectivity index (χ0) is 14.5. The predicted octanol–water partition coefficient (Wildman–Crippen LogP) is 3.77. The molecule has 2 heterocycles. The Morgan fingerprint density at radius 3 is 2.76 bits per heavy atom. The van der Waals surface area contributed by atoms with Gasteiger partial charge in [-0.05, 0) is 11.6 Å². The van der Waals surface area contributed by atoms with E-state index in [9.17, 15) is 0 Å². The van der Waals surface area contributed by atoms with Gasteiger partial charge < -0.3 is 9.47 Å². The molecule has 1 saturated heterocycles. The van der Waals surface area contributed by atoms with Crippen LogP contribution in [0, 0.1) is 0 Å². The van der Waals surface area contributed by atoms with Crippen LogP contribution in [-0.2, 0) is 15.1 Å². The lowest BCUT2D eigenvalue weighted by molar-refractivity contribution is -0.150. The SMILES string of the molecule is Clc1cnccc1SCC1(c2ccccc2)COCCO1. The Morgan fingerprint density at radius 1 is 1.19 bits per heavy atom. The monoisotopic (exact) mass is 321 g/mol. The number of thioether (sulfide) groups is 1. The molecule has 21 heavy (non-hydrogen) atoms. The largest absolute Gasteiger partial charge is 0.376 e. The van der Waals surface area contributed by atoms with E-state index >= 15 is 0 Å². The summed E-state index contributed by atoms with van der Waals surface area (Å²) in [6.07, 6.45) is 3.42. The van der Waals surface area contributed by atoms with E-state index in [0.717, 1.165) is 16.2 Å². The molecule has 110 valence electrons. The highest BCUT2D eigenvalue weighted by molar-refractivity contribution is 7.99. The Hall–Kier alpha value is -1.07. The fourth-order valence-corrected chi connectivity index (χ4v) is 3.68. The molecule has 0 radical (unpaired) electrons. The Labute approximate surface area is 133 Å². The van der Waals surface area contributed by atoms with Crippen molar-refractivity contribution in [2.75, 3.05) is 25.6 Å². The average molecular weight is 322 g/mol. The lowest BCUT2D eigenvalue weighted by Crippen LogP contribution is -2.42. The summed E-state index contributed by atoms with van der Waals surface area (Å²) in [6, 6.07) is 12.2. The van der Waals surface area contributed by atoms with Crippen LogP contribution < -0.4 is 0 Å². The molecule has 1 fully saturated rings. The highest BCUT2D eigenvalue weighted by Gasteiger charge is 2.36. The Morgan fingerprint density at radius 2 is 2.05 bits per heavy atom. The van der Waals surface area contributed by atoms with E-state index in [1.807, 2.05) is 24.3 Å². The zero-order valence-corrected chi connectivity index (χ0v) is 13.1. The third kappa shape index (κ3) is 3.40. The number of hydrogen-bond donors (Lipinski definition) is 0. The molecular weight excluding hydrogens is 306 g/mol. The minimum atomic E-state index is -0.420. The van der Waals surface area contributed by atoms with Gasteiger partial charge in [0.2, 0.25) is 0 Å². The van der Waals surface area contributed by atoms with Crippen molar-refractivity contribution in [2.24, 2.45) is 0 Å². The van der Waals surface area contributed by atoms with Gasteiger partial charge in [-0.1, -0.05) is 41.9 Å². The van der Waals surface area contributed by atoms with Gasteiger partial charge in [0, 0.05) is 23.0 Å². The summed E-state index contributed by atoms with van der Waals surface area (Å²) in [4.78, 5) is 5.02. The van der Waals surface area contributed by atoms with E-state index in [0.29, 0.717) is 24.8 Å². The first-order chi connectivity index (χ1) is 10.3. The van der Waals surface area contributed by atoms with Crippen molar-refractivity contribution in [3.8, 4) is 0 Å². The number of nitrogens with zero attached hydrogens (tertiary/aromatic N) is 1. The molecule has 0 bridgehead atoms. The molecule has 2 aromatic rings. The summed E-state index contributed by atoms with van der Waals surface area (Å²) in [6.45, 7) is 1.82. The molecule has 1 aromatic carbocycles. The van der Waals surface area contributed by atoms with Crippen LogP contribution in [0.3, 0.4) is 0 Å². The van der Waals surface area contributed by atoms with Gasteiger partial charge in [-0.15, -0.1) is 11.8 Å². The van der Waals surface area contributed by atoms with E-state index in [1.165, 1.54) is 0 Å². The van der Waals surface area contributed by atoms with E-state index in [2.05, 4.69) is 17.1 Å². The van der Waals surface area contributed by atoms with Crippen LogP contribution in [0.4, 0.5) is 0 Å². The van der Waals surface area contributed by atoms with Gasteiger partial charge in [0.1, 0.15) is 5.60 Å². The first-order valence-electron chi connectivity index (χ1n) is 6.80. The van der Waals surface area contributed by atoms with Crippen LogP contribution in [0.2, 0.25) is 5.02 Å². The molecule has 0 spiro atoms. The smallest absolute Gasteiger partial charge is 0.126 e. The normalized spacial score (nSPS) is 22.1. The van der Waals surface area contributed by atoms with Gasteiger partial charge in [0.15, 0.2) is 0 Å². The number of aromatic nitrogens is 1. The molecular formula is C16H16ClNO2S. The maximum atomic E-state index is 6.18. The van der Waals surface area contributed by atoms with Gasteiger partial charge in [0.25, 0.3) is 0 Å². The van der Waals surface area contributed by atoms with Gasteiger partial charge >= 0.3 is 0 Å². The second-order valence-corrected chi connectivity index (χ2v) is 6.28. The lowest BCUT2D eigenvalue weighted by atomic mass is 9.96. The van der Waals surface area contributed by atoms with Gasteiger partial charge in [-0.3, -0.25) is 4.98 Å². The first-order valence-corrected chi connectivity index (χ1v) is 8.16. The van der Waals surface area contributed by atoms with Crippen LogP contribution in [0.15, 0.2) is 53.7 Å². The minimum Gasteiger partial charge on any atom is -0.376 e. The van der Waals surface area contributed by atoms with Crippen molar-refractivity contribution >= 4 is 23.4 Å². The number of hydrogen-bond acceptors (Lipinski definition) is 4. The summed E-state index contributed by atoms with van der Waals surface area (Å²) in [7, 11) is 0. The van der Waals surface area contributed by atoms with Crippen molar-refractivity contribution in [1.82, 2.24) is 4.98 Å². The predicted molar refractivity (Wildman–Crippen MR) is 84.9 cm³/mol. The molecule has 1 atom stereocenters. The number of halogens is 1. The number of ether oxygens (including phenoxy) is 2. The third-order valence-corrected chi connectivity index (χ3v) is 5.13. The maximum absolute atomic E-state index is 6.18. The van der Waals surface area contributed by atoms with E-state index in [4.69, 9.17) is 21.1 Å². The first kappa shape index (κ1) is 14.9. The number of benzene rings is 1.